The summed E-state index contributed by atoms with van der Waals surface area (Å²) in [5.74, 6) is 1.02. The molecule has 2 N–H and O–H groups in total. The van der Waals surface area contributed by atoms with E-state index in [0.717, 1.165) is 18.6 Å². The first-order chi connectivity index (χ1) is 12.3. The van der Waals surface area contributed by atoms with E-state index in [1.165, 1.54) is 42.5 Å². The molecule has 1 aromatic heterocycles. The van der Waals surface area contributed by atoms with Gasteiger partial charge in [-0.15, -0.1) is 0 Å². The van der Waals surface area contributed by atoms with Gasteiger partial charge in [-0.25, -0.2) is 4.98 Å². The lowest BCUT2D eigenvalue weighted by molar-refractivity contribution is 0.0528. The van der Waals surface area contributed by atoms with E-state index in [1.54, 1.807) is 11.9 Å². The van der Waals surface area contributed by atoms with Crippen molar-refractivity contribution in [1.82, 2.24) is 9.97 Å². The van der Waals surface area contributed by atoms with Gasteiger partial charge in [0.25, 0.3) is 0 Å². The maximum Gasteiger partial charge on any atom is 0.111 e. The number of aromatic nitrogens is 2. The molecule has 0 radical (unpaired) electrons. The van der Waals surface area contributed by atoms with Gasteiger partial charge in [0.2, 0.25) is 0 Å². The Kier molecular flexibility index (Phi) is 4.77. The fourth-order valence-corrected chi connectivity index (χ4v) is 4.58. The van der Waals surface area contributed by atoms with Crippen molar-refractivity contribution in [2.75, 3.05) is 26.4 Å². The lowest BCUT2D eigenvalue weighted by Crippen LogP contribution is -2.29. The standard InChI is InChI=1S/C20H26N2O3/c23-7-8-24-9-10-25-16-5-4-15-12-20(19-13-21-14-22-19)6-2-1-3-18(20)17(15)11-16/h4-5,13-14,23H,1-3,6-12H2,(H,21,22). The first kappa shape index (κ1) is 16.6. The van der Waals surface area contributed by atoms with Crippen LogP contribution in [-0.4, -0.2) is 41.5 Å². The summed E-state index contributed by atoms with van der Waals surface area (Å²) in [6.07, 6.45) is 15.1. The fraction of sp³-hybridized carbons (Fsp3) is 0.550. The number of aliphatic hydroxyl groups excluding tert-OH is 1. The van der Waals surface area contributed by atoms with Crippen LogP contribution in [0.5, 0.6) is 0 Å². The molecular formula is C20H26N2O3. The minimum absolute atomic E-state index is 0.0559. The Morgan fingerprint density at radius 2 is 2.16 bits per heavy atom. The van der Waals surface area contributed by atoms with Crippen molar-refractivity contribution < 1.29 is 14.6 Å². The van der Waals surface area contributed by atoms with Crippen LogP contribution in [0, 0.1) is 0 Å². The minimum atomic E-state index is 0.0559. The van der Waals surface area contributed by atoms with Crippen LogP contribution in [0.2, 0.25) is 0 Å². The molecule has 0 bridgehead atoms. The minimum Gasteiger partial charge on any atom is -0.495 e. The van der Waals surface area contributed by atoms with E-state index in [1.807, 2.05) is 0 Å². The zero-order valence-corrected chi connectivity index (χ0v) is 14.6. The molecule has 5 nitrogen and oxygen atoms in total. The number of hydrogen-bond acceptors (Lipinski definition) is 4. The normalized spacial score (nSPS) is 25.3. The van der Waals surface area contributed by atoms with Crippen LogP contribution in [0.3, 0.4) is 0 Å². The lowest BCUT2D eigenvalue weighted by atomic mass is 9.69. The van der Waals surface area contributed by atoms with Crippen LogP contribution in [0.25, 0.3) is 0 Å². The number of nitrogens with zero attached hydrogens (tertiary/aromatic N) is 1. The molecule has 3 aliphatic carbocycles. The highest BCUT2D eigenvalue weighted by molar-refractivity contribution is 5.56. The molecule has 5 heteroatoms. The predicted octanol–water partition coefficient (Wildman–Crippen LogP) is 3.16. The van der Waals surface area contributed by atoms with Crippen LogP contribution < -0.4 is 0 Å². The molecule has 0 aliphatic heterocycles. The molecule has 0 amide bonds. The summed E-state index contributed by atoms with van der Waals surface area (Å²) in [6, 6.07) is 0. The van der Waals surface area contributed by atoms with Gasteiger partial charge in [0.05, 0.1) is 31.8 Å². The van der Waals surface area contributed by atoms with Crippen molar-refractivity contribution in [3.63, 3.8) is 0 Å². The Morgan fingerprint density at radius 1 is 1.20 bits per heavy atom. The van der Waals surface area contributed by atoms with E-state index >= 15 is 0 Å². The quantitative estimate of drug-likeness (QED) is 0.747. The van der Waals surface area contributed by atoms with Crippen molar-refractivity contribution in [2.24, 2.45) is 0 Å². The van der Waals surface area contributed by atoms with Crippen molar-refractivity contribution in [2.45, 2.75) is 43.9 Å². The van der Waals surface area contributed by atoms with E-state index in [9.17, 15) is 0 Å². The lowest BCUT2D eigenvalue weighted by Gasteiger charge is -2.35. The molecule has 0 saturated heterocycles. The first-order valence-corrected chi connectivity index (χ1v) is 9.27. The molecule has 1 unspecified atom stereocenters. The highest BCUT2D eigenvalue weighted by Gasteiger charge is 2.47. The van der Waals surface area contributed by atoms with Crippen molar-refractivity contribution in [1.29, 1.82) is 0 Å². The molecule has 0 spiro atoms. The molecule has 3 aliphatic rings. The predicted molar refractivity (Wildman–Crippen MR) is 95.0 cm³/mol. The number of allylic oxidation sites excluding steroid dienone is 5. The third-order valence-corrected chi connectivity index (χ3v) is 5.66. The number of fused-ring (bicyclic) bond motifs is 2. The molecule has 0 aromatic carbocycles. The van der Waals surface area contributed by atoms with Gasteiger partial charge in [-0.05, 0) is 42.9 Å². The average molecular weight is 342 g/mol. The van der Waals surface area contributed by atoms with Crippen LogP contribution >= 0.6 is 0 Å². The highest BCUT2D eigenvalue weighted by Crippen LogP contribution is 2.56. The Hall–Kier alpha value is -1.85. The van der Waals surface area contributed by atoms with Gasteiger partial charge in [0.15, 0.2) is 0 Å². The summed E-state index contributed by atoms with van der Waals surface area (Å²) in [5.41, 5.74) is 5.83. The second-order valence-electron chi connectivity index (χ2n) is 7.06. The smallest absolute Gasteiger partial charge is 0.111 e. The number of nitrogens with one attached hydrogen (secondary N) is 1. The molecular weight excluding hydrogens is 316 g/mol. The Morgan fingerprint density at radius 3 is 3.00 bits per heavy atom. The van der Waals surface area contributed by atoms with Gasteiger partial charge in [-0.3, -0.25) is 0 Å². The third-order valence-electron chi connectivity index (χ3n) is 5.66. The molecule has 1 atom stereocenters. The topological polar surface area (TPSA) is 67.4 Å². The van der Waals surface area contributed by atoms with Crippen LogP contribution in [0.1, 0.15) is 44.2 Å². The number of ether oxygens (including phenoxy) is 2. The molecule has 1 saturated carbocycles. The number of imidazole rings is 1. The van der Waals surface area contributed by atoms with Crippen molar-refractivity contribution >= 4 is 0 Å². The van der Waals surface area contributed by atoms with Gasteiger partial charge >= 0.3 is 0 Å². The molecule has 134 valence electrons. The fourth-order valence-electron chi connectivity index (χ4n) is 4.58. The molecule has 25 heavy (non-hydrogen) atoms. The van der Waals surface area contributed by atoms with Gasteiger partial charge in [-0.1, -0.05) is 18.1 Å². The van der Waals surface area contributed by atoms with E-state index in [2.05, 4.69) is 28.3 Å². The van der Waals surface area contributed by atoms with Crippen LogP contribution in [-0.2, 0) is 14.9 Å². The second-order valence-corrected chi connectivity index (χ2v) is 7.06. The summed E-state index contributed by atoms with van der Waals surface area (Å²) < 4.78 is 11.2. The zero-order chi connectivity index (χ0) is 17.1. The Balaban J connectivity index is 1.51. The largest absolute Gasteiger partial charge is 0.495 e. The molecule has 1 aromatic rings. The number of hydrogen-bond donors (Lipinski definition) is 2. The Labute approximate surface area is 148 Å². The number of H-pyrrole nitrogens is 1. The van der Waals surface area contributed by atoms with E-state index in [0.29, 0.717) is 19.8 Å². The average Bonchev–Trinajstić information content (AvgIpc) is 3.28. The van der Waals surface area contributed by atoms with Crippen molar-refractivity contribution in [3.05, 3.63) is 52.8 Å². The summed E-state index contributed by atoms with van der Waals surface area (Å²) in [5, 5.41) is 8.73. The highest BCUT2D eigenvalue weighted by atomic mass is 16.5. The van der Waals surface area contributed by atoms with Gasteiger partial charge in [0.1, 0.15) is 12.4 Å². The van der Waals surface area contributed by atoms with Gasteiger partial charge < -0.3 is 19.6 Å². The number of aliphatic hydroxyl groups is 1. The molecule has 1 heterocycles. The monoisotopic (exact) mass is 342 g/mol. The van der Waals surface area contributed by atoms with E-state index in [4.69, 9.17) is 14.6 Å². The number of aromatic amines is 1. The van der Waals surface area contributed by atoms with Gasteiger partial charge in [0, 0.05) is 18.0 Å². The van der Waals surface area contributed by atoms with Gasteiger partial charge in [-0.2, -0.15) is 0 Å². The second kappa shape index (κ2) is 7.18. The van der Waals surface area contributed by atoms with Crippen LogP contribution in [0.15, 0.2) is 47.2 Å². The van der Waals surface area contributed by atoms with E-state index < -0.39 is 0 Å². The maximum atomic E-state index is 8.73. The first-order valence-electron chi connectivity index (χ1n) is 9.27. The molecule has 4 rings (SSSR count). The SMILES string of the molecule is OCCOCCOC1=CC=C2CC3(c4c[nH]cn4)CCCCC3=C2C1. The summed E-state index contributed by atoms with van der Waals surface area (Å²) >= 11 is 0. The van der Waals surface area contributed by atoms with Crippen molar-refractivity contribution in [3.8, 4) is 0 Å². The number of rotatable bonds is 7. The van der Waals surface area contributed by atoms with E-state index in [-0.39, 0.29) is 12.0 Å². The maximum absolute atomic E-state index is 8.73. The summed E-state index contributed by atoms with van der Waals surface area (Å²) in [4.78, 5) is 7.77. The summed E-state index contributed by atoms with van der Waals surface area (Å²) in [7, 11) is 0. The third kappa shape index (κ3) is 3.07. The summed E-state index contributed by atoms with van der Waals surface area (Å²) in [6.45, 7) is 1.47. The zero-order valence-electron chi connectivity index (χ0n) is 14.6. The van der Waals surface area contributed by atoms with Crippen LogP contribution in [0.4, 0.5) is 0 Å². The molecule has 1 fully saturated rings. The Bertz CT molecular complexity index is 703.